The molecule has 1 saturated heterocycles. The van der Waals surface area contributed by atoms with Gasteiger partial charge in [-0.2, -0.15) is 0 Å². The number of rotatable bonds is 15. The van der Waals surface area contributed by atoms with Crippen molar-refractivity contribution in [3.8, 4) is 17.1 Å². The number of nitrogens with one attached hydrogen (secondary N) is 1. The predicted octanol–water partition coefficient (Wildman–Crippen LogP) is 4.49. The molecule has 0 radical (unpaired) electrons. The zero-order chi connectivity index (χ0) is 55.7. The number of nitrogens with zero attached hydrogens (tertiary/aromatic N) is 3. The van der Waals surface area contributed by atoms with Crippen LogP contribution in [0, 0.1) is 0 Å². The minimum atomic E-state index is -2.29. The van der Waals surface area contributed by atoms with Gasteiger partial charge in [0.2, 0.25) is 23.9 Å². The molecule has 7 atom stereocenters. The summed E-state index contributed by atoms with van der Waals surface area (Å²) in [5, 5.41) is 3.38. The molecule has 1 fully saturated rings. The van der Waals surface area contributed by atoms with Crippen LogP contribution in [0.5, 0.6) is 5.75 Å². The summed E-state index contributed by atoms with van der Waals surface area (Å²) < 4.78 is 52.6. The van der Waals surface area contributed by atoms with Crippen molar-refractivity contribution in [2.45, 2.75) is 149 Å². The van der Waals surface area contributed by atoms with Crippen molar-refractivity contribution < 1.29 is 81.0 Å². The van der Waals surface area contributed by atoms with Crippen LogP contribution in [0.2, 0.25) is 0 Å². The molecule has 0 bridgehead atoms. The number of amides is 2. The molecular formula is C53H61N5O18. The van der Waals surface area contributed by atoms with E-state index < -0.39 is 119 Å². The van der Waals surface area contributed by atoms with Gasteiger partial charge in [-0.3, -0.25) is 24.0 Å². The molecule has 2 aromatic carbocycles. The molecule has 23 nitrogen and oxygen atoms in total. The average Bonchev–Trinajstić information content (AvgIpc) is 3.71. The Bertz CT molecular complexity index is 3070. The van der Waals surface area contributed by atoms with Gasteiger partial charge < -0.3 is 63.1 Å². The Morgan fingerprint density at radius 1 is 0.908 bits per heavy atom. The Labute approximate surface area is 436 Å². The van der Waals surface area contributed by atoms with Crippen LogP contribution in [0.4, 0.5) is 10.5 Å². The molecular weight excluding hydrogens is 995 g/mol. The Morgan fingerprint density at radius 2 is 1.57 bits per heavy atom. The Balaban J connectivity index is 1.32. The number of hydrogen-bond acceptors (Lipinski definition) is 20. The van der Waals surface area contributed by atoms with Crippen molar-refractivity contribution >= 4 is 64.4 Å². The fourth-order valence-corrected chi connectivity index (χ4v) is 9.30. The maximum absolute atomic E-state index is 14.9. The van der Waals surface area contributed by atoms with Crippen LogP contribution in [0.3, 0.4) is 0 Å². The number of para-hydroxylation sites is 1. The third-order valence-corrected chi connectivity index (χ3v) is 12.8. The number of hydrogen-bond donors (Lipinski definition) is 2. The lowest BCUT2D eigenvalue weighted by molar-refractivity contribution is -0.282. The number of carbonyl (C=O) groups is 8. The summed E-state index contributed by atoms with van der Waals surface area (Å²) in [6.45, 7) is 15.0. The van der Waals surface area contributed by atoms with E-state index >= 15 is 0 Å². The monoisotopic (exact) mass is 1060 g/mol. The first kappa shape index (κ1) is 55.8. The number of fused-ring (bicyclic) bond motifs is 5. The van der Waals surface area contributed by atoms with Crippen LogP contribution in [0.1, 0.15) is 108 Å². The molecule has 3 aliphatic rings. The number of ether oxygens (including phenoxy) is 9. The molecule has 4 aromatic rings. The summed E-state index contributed by atoms with van der Waals surface area (Å²) in [5.74, 6) is -7.47. The summed E-state index contributed by atoms with van der Waals surface area (Å²) in [7, 11) is 0.997. The number of anilines is 1. The van der Waals surface area contributed by atoms with Gasteiger partial charge in [0.1, 0.15) is 23.5 Å². The molecule has 7 rings (SSSR count). The van der Waals surface area contributed by atoms with E-state index in [-0.39, 0.29) is 42.4 Å². The average molecular weight is 1060 g/mol. The van der Waals surface area contributed by atoms with E-state index in [0.29, 0.717) is 28.9 Å². The van der Waals surface area contributed by atoms with Crippen molar-refractivity contribution in [3.63, 3.8) is 0 Å². The first-order chi connectivity index (χ1) is 35.8. The zero-order valence-corrected chi connectivity index (χ0v) is 44.0. The van der Waals surface area contributed by atoms with Crippen LogP contribution in [-0.4, -0.2) is 124 Å². The van der Waals surface area contributed by atoms with Crippen LogP contribution < -0.4 is 21.3 Å². The maximum atomic E-state index is 14.9. The summed E-state index contributed by atoms with van der Waals surface area (Å²) in [6.07, 6.45) is -9.67. The Hall–Kier alpha value is -7.92. The third kappa shape index (κ3) is 11.3. The van der Waals surface area contributed by atoms with Crippen LogP contribution in [0.25, 0.3) is 22.3 Å². The third-order valence-electron chi connectivity index (χ3n) is 12.8. The largest absolute Gasteiger partial charge is 0.467 e. The van der Waals surface area contributed by atoms with Gasteiger partial charge in [-0.15, -0.1) is 0 Å². The smallest absolute Gasteiger partial charge is 0.410 e. The summed E-state index contributed by atoms with van der Waals surface area (Å²) in [5.41, 5.74) is 4.72. The van der Waals surface area contributed by atoms with Crippen molar-refractivity contribution in [2.24, 2.45) is 5.73 Å². The number of esters is 6. The summed E-state index contributed by atoms with van der Waals surface area (Å²) in [6, 6.07) is 11.4. The number of carbonyl (C=O) groups excluding carboxylic acids is 8. The molecule has 5 heterocycles. The van der Waals surface area contributed by atoms with Gasteiger partial charge in [0, 0.05) is 61.6 Å². The molecule has 76 heavy (non-hydrogen) atoms. The topological polar surface area (TPSA) is 296 Å². The lowest BCUT2D eigenvalue weighted by Crippen LogP contribution is -2.64. The summed E-state index contributed by atoms with van der Waals surface area (Å²) >= 11 is 0. The molecule has 2 aromatic heterocycles. The highest BCUT2D eigenvalue weighted by molar-refractivity contribution is 5.99. The van der Waals surface area contributed by atoms with Crippen molar-refractivity contribution in [1.29, 1.82) is 0 Å². The van der Waals surface area contributed by atoms with Crippen molar-refractivity contribution in [1.82, 2.24) is 14.5 Å². The molecule has 3 N–H and O–H groups in total. The van der Waals surface area contributed by atoms with Gasteiger partial charge in [0.05, 0.1) is 42.2 Å². The molecule has 0 aliphatic carbocycles. The minimum Gasteiger partial charge on any atom is -0.467 e. The fourth-order valence-electron chi connectivity index (χ4n) is 9.30. The van der Waals surface area contributed by atoms with Gasteiger partial charge >= 0.3 is 41.9 Å². The number of methoxy groups -OCH3 is 1. The second kappa shape index (κ2) is 22.1. The highest BCUT2D eigenvalue weighted by Crippen LogP contribution is 2.44. The molecule has 3 aliphatic heterocycles. The van der Waals surface area contributed by atoms with Crippen LogP contribution >= 0.6 is 0 Å². The van der Waals surface area contributed by atoms with E-state index in [2.05, 4.69) is 5.32 Å². The number of aromatic nitrogens is 2. The standard InChI is InChI=1S/C53H61N5O18/c1-12-53(36-22-38-40-34(23-58(38)46(63)35(36)24-69-50(53)66)31(32-15-13-14-16-37(32)56-40)19-20-57(25(2)3)51(67)76-52(8,9)10)75-47(64)33-18-17-30(55-45(62)26(4)54)21-39(33)73-49-44(72-29(7)61)42(71-28(6)60)41(70-27(5)59)43(74-49)48(65)68-11/h13-18,21-22,25-26,41-44,49H,12,19-20,23-24,54H2,1-11H3,(H,55,62)/t26-,41-,42-,43-,44+,49+,53-/m0/s1. The lowest BCUT2D eigenvalue weighted by atomic mass is 9.85. The maximum Gasteiger partial charge on any atom is 0.410 e. The molecule has 23 heteroatoms. The first-order valence-electron chi connectivity index (χ1n) is 24.5. The van der Waals surface area contributed by atoms with E-state index in [4.69, 9.17) is 53.3 Å². The summed E-state index contributed by atoms with van der Waals surface area (Å²) in [4.78, 5) is 128. The van der Waals surface area contributed by atoms with E-state index in [9.17, 15) is 43.2 Å². The molecule has 0 unspecified atom stereocenters. The minimum absolute atomic E-state index is 0.0106. The predicted molar refractivity (Wildman–Crippen MR) is 266 cm³/mol. The second-order valence-electron chi connectivity index (χ2n) is 19.7. The van der Waals surface area contributed by atoms with E-state index in [1.54, 1.807) is 38.7 Å². The number of nitrogens with two attached hydrogens (primary N) is 1. The quantitative estimate of drug-likeness (QED) is 0.108. The van der Waals surface area contributed by atoms with Gasteiger partial charge in [0.25, 0.3) is 5.56 Å². The zero-order valence-electron chi connectivity index (χ0n) is 44.0. The molecule has 2 amide bonds. The highest BCUT2D eigenvalue weighted by atomic mass is 16.7. The van der Waals surface area contributed by atoms with Gasteiger partial charge in [0.15, 0.2) is 18.3 Å². The highest BCUT2D eigenvalue weighted by Gasteiger charge is 2.56. The number of benzene rings is 2. The van der Waals surface area contributed by atoms with Crippen LogP contribution in [0.15, 0.2) is 53.3 Å². The molecule has 0 spiro atoms. The number of cyclic esters (lactones) is 1. The molecule has 0 saturated carbocycles. The lowest BCUT2D eigenvalue weighted by Gasteiger charge is -2.43. The van der Waals surface area contributed by atoms with Crippen molar-refractivity contribution in [3.05, 3.63) is 86.7 Å². The molecule has 406 valence electrons. The normalized spacial score (nSPS) is 20.9. The van der Waals surface area contributed by atoms with Gasteiger partial charge in [-0.05, 0) is 84.2 Å². The Morgan fingerprint density at radius 3 is 2.18 bits per heavy atom. The van der Waals surface area contributed by atoms with Crippen molar-refractivity contribution in [2.75, 3.05) is 19.0 Å². The second-order valence-corrected chi connectivity index (χ2v) is 19.7. The SMILES string of the molecule is CC[C@@]1(OC(=O)c2ccc(NC(=O)[C@H](C)N)cc2O[C@@H]2O[C@H](C(=O)OC)[C@@H](OC(C)=O)[C@H](OC(C)=O)[C@H]2OC(C)=O)C(=O)OCc2c1cc1n(c2=O)Cc2c-1nc1ccccc1c2CCN(C(=O)OC(C)(C)C)C(C)C. The number of pyridine rings is 2. The van der Waals surface area contributed by atoms with Gasteiger partial charge in [-0.1, -0.05) is 25.1 Å². The Kier molecular flexibility index (Phi) is 16.2. The first-order valence-corrected chi connectivity index (χ1v) is 24.5. The fraction of sp³-hybridized carbons (Fsp3) is 0.472. The van der Waals surface area contributed by atoms with E-state index in [1.165, 1.54) is 17.6 Å². The van der Waals surface area contributed by atoms with Gasteiger partial charge in [-0.25, -0.2) is 24.2 Å². The van der Waals surface area contributed by atoms with E-state index in [0.717, 1.165) is 51.0 Å². The van der Waals surface area contributed by atoms with E-state index in [1.807, 2.05) is 38.1 Å². The van der Waals surface area contributed by atoms with Crippen LogP contribution in [-0.2, 0) is 91.8 Å².